The van der Waals surface area contributed by atoms with Crippen molar-refractivity contribution in [1.29, 1.82) is 0 Å². The number of hydrogen-bond acceptors (Lipinski definition) is 5. The SMILES string of the molecule is CCCCN(CCCC)S(=O)(=O)c1ccc(NC(=O)c2ccc(Cl)c([N+](=O)[O-])c2)cc1. The Hall–Kier alpha value is -2.49. The van der Waals surface area contributed by atoms with Gasteiger partial charge in [0, 0.05) is 30.4 Å². The number of anilines is 1. The van der Waals surface area contributed by atoms with Gasteiger partial charge in [0.05, 0.1) is 9.82 Å². The number of nitrogens with one attached hydrogen (secondary N) is 1. The number of nitrogens with zero attached hydrogens (tertiary/aromatic N) is 2. The summed E-state index contributed by atoms with van der Waals surface area (Å²) in [7, 11) is -3.63. The second kappa shape index (κ2) is 11.2. The molecule has 0 atom stereocenters. The molecule has 0 bridgehead atoms. The van der Waals surface area contributed by atoms with Crippen molar-refractivity contribution in [2.24, 2.45) is 0 Å². The highest BCUT2D eigenvalue weighted by Crippen LogP contribution is 2.26. The Morgan fingerprint density at radius 3 is 2.16 bits per heavy atom. The average molecular weight is 468 g/mol. The normalized spacial score (nSPS) is 11.5. The molecule has 0 unspecified atom stereocenters. The van der Waals surface area contributed by atoms with Crippen LogP contribution in [0.3, 0.4) is 0 Å². The first-order valence-electron chi connectivity index (χ1n) is 10.1. The van der Waals surface area contributed by atoms with Crippen LogP contribution in [0.2, 0.25) is 5.02 Å². The Kier molecular flexibility index (Phi) is 8.97. The number of carbonyl (C=O) groups is 1. The van der Waals surface area contributed by atoms with E-state index in [-0.39, 0.29) is 21.2 Å². The molecule has 0 heterocycles. The molecule has 10 heteroatoms. The fourth-order valence-electron chi connectivity index (χ4n) is 2.88. The maximum absolute atomic E-state index is 13.0. The van der Waals surface area contributed by atoms with E-state index in [9.17, 15) is 23.3 Å². The van der Waals surface area contributed by atoms with Gasteiger partial charge in [0.1, 0.15) is 5.02 Å². The van der Waals surface area contributed by atoms with Gasteiger partial charge in [-0.2, -0.15) is 4.31 Å². The third kappa shape index (κ3) is 6.49. The van der Waals surface area contributed by atoms with Crippen molar-refractivity contribution in [3.05, 3.63) is 63.2 Å². The highest BCUT2D eigenvalue weighted by molar-refractivity contribution is 7.89. The second-order valence-corrected chi connectivity index (χ2v) is 9.36. The minimum Gasteiger partial charge on any atom is -0.322 e. The zero-order chi connectivity index (χ0) is 23.0. The topological polar surface area (TPSA) is 110 Å². The van der Waals surface area contributed by atoms with Crippen LogP contribution >= 0.6 is 11.6 Å². The molecule has 0 aliphatic carbocycles. The van der Waals surface area contributed by atoms with Gasteiger partial charge in [0.15, 0.2) is 0 Å². The highest BCUT2D eigenvalue weighted by Gasteiger charge is 2.23. The molecule has 0 radical (unpaired) electrons. The van der Waals surface area contributed by atoms with Gasteiger partial charge in [-0.25, -0.2) is 8.42 Å². The fourth-order valence-corrected chi connectivity index (χ4v) is 4.58. The Balaban J connectivity index is 2.17. The number of benzene rings is 2. The molecule has 0 aliphatic heterocycles. The summed E-state index contributed by atoms with van der Waals surface area (Å²) in [6.45, 7) is 4.95. The molecule has 0 fully saturated rings. The summed E-state index contributed by atoms with van der Waals surface area (Å²) < 4.78 is 27.5. The van der Waals surface area contributed by atoms with Gasteiger partial charge in [-0.05, 0) is 49.2 Å². The van der Waals surface area contributed by atoms with Crippen molar-refractivity contribution >= 4 is 38.9 Å². The molecule has 168 valence electrons. The molecule has 0 aromatic heterocycles. The summed E-state index contributed by atoms with van der Waals surface area (Å²) in [5.41, 5.74) is 0.0725. The number of halogens is 1. The van der Waals surface area contributed by atoms with Crippen LogP contribution < -0.4 is 5.32 Å². The van der Waals surface area contributed by atoms with Crippen LogP contribution in [0.5, 0.6) is 0 Å². The highest BCUT2D eigenvalue weighted by atomic mass is 35.5. The van der Waals surface area contributed by atoms with Gasteiger partial charge < -0.3 is 5.32 Å². The van der Waals surface area contributed by atoms with E-state index in [1.807, 2.05) is 13.8 Å². The Labute approximate surface area is 187 Å². The van der Waals surface area contributed by atoms with Crippen molar-refractivity contribution in [2.75, 3.05) is 18.4 Å². The van der Waals surface area contributed by atoms with Crippen LogP contribution in [0.25, 0.3) is 0 Å². The maximum atomic E-state index is 13.0. The molecular weight excluding hydrogens is 442 g/mol. The minimum atomic E-state index is -3.63. The molecular formula is C21H26ClN3O5S. The first-order valence-corrected chi connectivity index (χ1v) is 11.9. The molecule has 2 aromatic rings. The Morgan fingerprint density at radius 1 is 1.06 bits per heavy atom. The minimum absolute atomic E-state index is 0.0631. The van der Waals surface area contributed by atoms with Crippen LogP contribution in [0.15, 0.2) is 47.4 Å². The van der Waals surface area contributed by atoms with Crippen molar-refractivity contribution < 1.29 is 18.1 Å². The standard InChI is InChI=1S/C21H26ClN3O5S/c1-3-5-13-24(14-6-4-2)31(29,30)18-10-8-17(9-11-18)23-21(26)16-7-12-19(22)20(15-16)25(27)28/h7-12,15H,3-6,13-14H2,1-2H3,(H,23,26). The molecule has 8 nitrogen and oxygen atoms in total. The third-order valence-electron chi connectivity index (χ3n) is 4.68. The van der Waals surface area contributed by atoms with E-state index >= 15 is 0 Å². The van der Waals surface area contributed by atoms with Crippen molar-refractivity contribution in [3.8, 4) is 0 Å². The number of amides is 1. The summed E-state index contributed by atoms with van der Waals surface area (Å²) in [6, 6.07) is 9.63. The van der Waals surface area contributed by atoms with Crippen LogP contribution in [0.1, 0.15) is 49.9 Å². The summed E-state index contributed by atoms with van der Waals surface area (Å²) in [4.78, 5) is 22.9. The van der Waals surface area contributed by atoms with E-state index in [4.69, 9.17) is 11.6 Å². The van der Waals surface area contributed by atoms with Gasteiger partial charge in [-0.1, -0.05) is 38.3 Å². The van der Waals surface area contributed by atoms with Crippen LogP contribution in [0, 0.1) is 10.1 Å². The Bertz CT molecular complexity index is 1020. The number of carbonyl (C=O) groups excluding carboxylic acids is 1. The summed E-state index contributed by atoms with van der Waals surface area (Å²) in [5, 5.41) is 13.5. The average Bonchev–Trinajstić information content (AvgIpc) is 2.74. The lowest BCUT2D eigenvalue weighted by atomic mass is 10.2. The van der Waals surface area contributed by atoms with Gasteiger partial charge in [-0.3, -0.25) is 14.9 Å². The lowest BCUT2D eigenvalue weighted by Crippen LogP contribution is -2.33. The maximum Gasteiger partial charge on any atom is 0.288 e. The number of sulfonamides is 1. The largest absolute Gasteiger partial charge is 0.322 e. The Morgan fingerprint density at radius 2 is 1.65 bits per heavy atom. The molecule has 0 saturated carbocycles. The predicted octanol–water partition coefficient (Wildman–Crippen LogP) is 5.09. The molecule has 0 saturated heterocycles. The first kappa shape index (κ1) is 24.8. The summed E-state index contributed by atoms with van der Waals surface area (Å²) in [6.07, 6.45) is 3.35. The predicted molar refractivity (Wildman–Crippen MR) is 121 cm³/mol. The lowest BCUT2D eigenvalue weighted by Gasteiger charge is -2.22. The lowest BCUT2D eigenvalue weighted by molar-refractivity contribution is -0.384. The number of unbranched alkanes of at least 4 members (excludes halogenated alkanes) is 2. The molecule has 1 N–H and O–H groups in total. The molecule has 0 aliphatic rings. The van der Waals surface area contributed by atoms with Crippen LogP contribution in [0.4, 0.5) is 11.4 Å². The van der Waals surface area contributed by atoms with E-state index in [0.29, 0.717) is 18.8 Å². The van der Waals surface area contributed by atoms with Crippen molar-refractivity contribution in [3.63, 3.8) is 0 Å². The molecule has 1 amide bonds. The molecule has 31 heavy (non-hydrogen) atoms. The van der Waals surface area contributed by atoms with E-state index in [0.717, 1.165) is 31.7 Å². The first-order chi connectivity index (χ1) is 14.7. The zero-order valence-corrected chi connectivity index (χ0v) is 19.1. The molecule has 2 aromatic carbocycles. The van der Waals surface area contributed by atoms with Crippen molar-refractivity contribution in [2.45, 2.75) is 44.4 Å². The summed E-state index contributed by atoms with van der Waals surface area (Å²) >= 11 is 5.77. The van der Waals surface area contributed by atoms with E-state index in [1.165, 1.54) is 40.7 Å². The smallest absolute Gasteiger partial charge is 0.288 e. The number of nitro benzene ring substituents is 1. The number of hydrogen-bond donors (Lipinski definition) is 1. The van der Waals surface area contributed by atoms with Gasteiger partial charge in [0.25, 0.3) is 11.6 Å². The van der Waals surface area contributed by atoms with Gasteiger partial charge in [-0.15, -0.1) is 0 Å². The van der Waals surface area contributed by atoms with Crippen LogP contribution in [-0.4, -0.2) is 36.6 Å². The van der Waals surface area contributed by atoms with E-state index in [2.05, 4.69) is 5.32 Å². The zero-order valence-electron chi connectivity index (χ0n) is 17.5. The molecule has 2 rings (SSSR count). The van der Waals surface area contributed by atoms with E-state index in [1.54, 1.807) is 0 Å². The van der Waals surface area contributed by atoms with Gasteiger partial charge in [0.2, 0.25) is 10.0 Å². The summed E-state index contributed by atoms with van der Waals surface area (Å²) in [5.74, 6) is -0.567. The molecule has 0 spiro atoms. The number of rotatable bonds is 11. The monoisotopic (exact) mass is 467 g/mol. The van der Waals surface area contributed by atoms with Crippen LogP contribution in [-0.2, 0) is 10.0 Å². The second-order valence-electron chi connectivity index (χ2n) is 7.01. The fraction of sp³-hybridized carbons (Fsp3) is 0.381. The van der Waals surface area contributed by atoms with E-state index < -0.39 is 20.9 Å². The number of nitro groups is 1. The third-order valence-corrected chi connectivity index (χ3v) is 6.91. The quantitative estimate of drug-likeness (QED) is 0.365. The van der Waals surface area contributed by atoms with Gasteiger partial charge >= 0.3 is 0 Å². The van der Waals surface area contributed by atoms with Crippen molar-refractivity contribution in [1.82, 2.24) is 4.31 Å².